The maximum atomic E-state index is 11.0. The molecule has 0 fully saturated rings. The third kappa shape index (κ3) is 6.82. The third-order valence-electron chi connectivity index (χ3n) is 4.52. The van der Waals surface area contributed by atoms with Crippen LogP contribution in [0.1, 0.15) is 30.4 Å². The molecule has 0 aliphatic heterocycles. The topological polar surface area (TPSA) is 95.5 Å². The number of hydroxylamine groups is 1. The molecule has 8 nitrogen and oxygen atoms in total. The number of rotatable bonds is 12. The SMILES string of the molecule is COc1ccc(/C=C\c2cc(OC)c(OC)c(OC)c2)cc1OCCCCC(=O)NO. The Bertz CT molecular complexity index is 870. The average molecular weight is 431 g/mol. The first-order chi connectivity index (χ1) is 15.1. The van der Waals surface area contributed by atoms with E-state index in [-0.39, 0.29) is 6.42 Å². The second-order valence-electron chi connectivity index (χ2n) is 6.54. The molecular formula is C23H29NO7. The highest BCUT2D eigenvalue weighted by Gasteiger charge is 2.12. The van der Waals surface area contributed by atoms with Gasteiger partial charge in [-0.15, -0.1) is 0 Å². The molecule has 2 aromatic carbocycles. The average Bonchev–Trinajstić information content (AvgIpc) is 2.81. The van der Waals surface area contributed by atoms with Gasteiger partial charge in [0.05, 0.1) is 35.0 Å². The number of hydrogen-bond acceptors (Lipinski definition) is 7. The smallest absolute Gasteiger partial charge is 0.243 e. The molecule has 0 atom stereocenters. The quantitative estimate of drug-likeness (QED) is 0.227. The molecule has 31 heavy (non-hydrogen) atoms. The van der Waals surface area contributed by atoms with Gasteiger partial charge in [0.25, 0.3) is 0 Å². The lowest BCUT2D eigenvalue weighted by Crippen LogP contribution is -2.18. The van der Waals surface area contributed by atoms with Gasteiger partial charge in [-0.25, -0.2) is 5.48 Å². The fourth-order valence-corrected chi connectivity index (χ4v) is 2.93. The van der Waals surface area contributed by atoms with Crippen molar-refractivity contribution in [3.8, 4) is 28.7 Å². The Morgan fingerprint density at radius 3 is 2.03 bits per heavy atom. The summed E-state index contributed by atoms with van der Waals surface area (Å²) in [5.74, 6) is 2.53. The molecule has 0 aliphatic rings. The van der Waals surface area contributed by atoms with Crippen LogP contribution in [0.25, 0.3) is 12.2 Å². The molecule has 0 aromatic heterocycles. The van der Waals surface area contributed by atoms with E-state index in [0.717, 1.165) is 11.1 Å². The van der Waals surface area contributed by atoms with E-state index < -0.39 is 5.91 Å². The number of hydrogen-bond donors (Lipinski definition) is 2. The summed E-state index contributed by atoms with van der Waals surface area (Å²) in [6.07, 6.45) is 5.40. The summed E-state index contributed by atoms with van der Waals surface area (Å²) >= 11 is 0. The van der Waals surface area contributed by atoms with Crippen molar-refractivity contribution in [1.82, 2.24) is 5.48 Å². The number of benzene rings is 2. The molecule has 0 bridgehead atoms. The zero-order valence-electron chi connectivity index (χ0n) is 18.3. The van der Waals surface area contributed by atoms with Gasteiger partial charge in [-0.1, -0.05) is 18.2 Å². The number of carbonyl (C=O) groups is 1. The van der Waals surface area contributed by atoms with Gasteiger partial charge in [0.2, 0.25) is 11.7 Å². The van der Waals surface area contributed by atoms with Gasteiger partial charge in [0.15, 0.2) is 23.0 Å². The Morgan fingerprint density at radius 1 is 0.839 bits per heavy atom. The first kappa shape index (κ1) is 23.9. The Morgan fingerprint density at radius 2 is 1.45 bits per heavy atom. The number of amides is 1. The van der Waals surface area contributed by atoms with E-state index in [0.29, 0.717) is 48.2 Å². The molecule has 168 valence electrons. The number of nitrogens with one attached hydrogen (secondary N) is 1. The monoisotopic (exact) mass is 431 g/mol. The highest BCUT2D eigenvalue weighted by atomic mass is 16.5. The number of ether oxygens (including phenoxy) is 5. The minimum absolute atomic E-state index is 0.245. The van der Waals surface area contributed by atoms with Crippen molar-refractivity contribution >= 4 is 18.1 Å². The molecule has 0 saturated heterocycles. The maximum Gasteiger partial charge on any atom is 0.243 e. The number of unbranched alkanes of at least 4 members (excludes halogenated alkanes) is 1. The number of methoxy groups -OCH3 is 4. The minimum atomic E-state index is -0.406. The van der Waals surface area contributed by atoms with Crippen LogP contribution in [0.4, 0.5) is 0 Å². The summed E-state index contributed by atoms with van der Waals surface area (Å²) in [5, 5.41) is 8.51. The molecule has 0 aliphatic carbocycles. The summed E-state index contributed by atoms with van der Waals surface area (Å²) < 4.78 is 27.3. The fraction of sp³-hybridized carbons (Fsp3) is 0.348. The van der Waals surface area contributed by atoms with Gasteiger partial charge in [-0.3, -0.25) is 10.0 Å². The number of carbonyl (C=O) groups excluding carboxylic acids is 1. The molecular weight excluding hydrogens is 402 g/mol. The van der Waals surface area contributed by atoms with Crippen LogP contribution in [0.15, 0.2) is 30.3 Å². The summed E-state index contributed by atoms with van der Waals surface area (Å²) in [6.45, 7) is 0.426. The van der Waals surface area contributed by atoms with Crippen LogP contribution in [0, 0.1) is 0 Å². The first-order valence-electron chi connectivity index (χ1n) is 9.78. The van der Waals surface area contributed by atoms with Crippen molar-refractivity contribution in [1.29, 1.82) is 0 Å². The lowest BCUT2D eigenvalue weighted by Gasteiger charge is -2.13. The maximum absolute atomic E-state index is 11.0. The van der Waals surface area contributed by atoms with Crippen LogP contribution in [-0.2, 0) is 4.79 Å². The van der Waals surface area contributed by atoms with Crippen molar-refractivity contribution in [2.45, 2.75) is 19.3 Å². The highest BCUT2D eigenvalue weighted by molar-refractivity contribution is 5.74. The predicted octanol–water partition coefficient (Wildman–Crippen LogP) is 3.95. The normalized spacial score (nSPS) is 10.6. The molecule has 0 radical (unpaired) electrons. The predicted molar refractivity (Wildman–Crippen MR) is 117 cm³/mol. The van der Waals surface area contributed by atoms with Gasteiger partial charge in [-0.2, -0.15) is 0 Å². The Labute approximate surface area is 182 Å². The Balaban J connectivity index is 2.12. The second kappa shape index (κ2) is 12.3. The van der Waals surface area contributed by atoms with E-state index in [4.69, 9.17) is 28.9 Å². The summed E-state index contributed by atoms with van der Waals surface area (Å²) in [5.41, 5.74) is 3.42. The molecule has 0 spiro atoms. The van der Waals surface area contributed by atoms with E-state index in [9.17, 15) is 4.79 Å². The van der Waals surface area contributed by atoms with E-state index in [1.807, 2.05) is 42.5 Å². The molecule has 1 amide bonds. The van der Waals surface area contributed by atoms with E-state index >= 15 is 0 Å². The lowest BCUT2D eigenvalue weighted by molar-refractivity contribution is -0.129. The zero-order valence-corrected chi connectivity index (χ0v) is 18.3. The standard InChI is InChI=1S/C23H29NO7/c1-27-18-11-10-16(13-19(18)31-12-6-5-7-22(25)24-26)8-9-17-14-20(28-2)23(30-4)21(15-17)29-3/h8-11,13-15,26H,5-7,12H2,1-4H3,(H,24,25)/b9-8-. The van der Waals surface area contributed by atoms with Crippen molar-refractivity contribution < 1.29 is 33.7 Å². The largest absolute Gasteiger partial charge is 0.493 e. The van der Waals surface area contributed by atoms with Crippen LogP contribution >= 0.6 is 0 Å². The van der Waals surface area contributed by atoms with Crippen molar-refractivity contribution in [3.63, 3.8) is 0 Å². The molecule has 0 heterocycles. The lowest BCUT2D eigenvalue weighted by atomic mass is 10.1. The van der Waals surface area contributed by atoms with Crippen molar-refractivity contribution in [3.05, 3.63) is 41.5 Å². The van der Waals surface area contributed by atoms with Crippen molar-refractivity contribution in [2.75, 3.05) is 35.0 Å². The summed E-state index contributed by atoms with van der Waals surface area (Å²) in [7, 11) is 6.30. The van der Waals surface area contributed by atoms with Gasteiger partial charge in [0, 0.05) is 6.42 Å². The van der Waals surface area contributed by atoms with Crippen molar-refractivity contribution in [2.24, 2.45) is 0 Å². The van der Waals surface area contributed by atoms with Crippen LogP contribution in [0.5, 0.6) is 28.7 Å². The van der Waals surface area contributed by atoms with Crippen LogP contribution in [0.2, 0.25) is 0 Å². The van der Waals surface area contributed by atoms with Gasteiger partial charge in [-0.05, 0) is 48.2 Å². The van der Waals surface area contributed by atoms with Gasteiger partial charge < -0.3 is 23.7 Å². The van der Waals surface area contributed by atoms with E-state index in [1.54, 1.807) is 33.9 Å². The fourth-order valence-electron chi connectivity index (χ4n) is 2.93. The summed E-state index contributed by atoms with van der Waals surface area (Å²) in [4.78, 5) is 11.0. The van der Waals surface area contributed by atoms with E-state index in [1.165, 1.54) is 0 Å². The zero-order chi connectivity index (χ0) is 22.6. The minimum Gasteiger partial charge on any atom is -0.493 e. The molecule has 8 heteroatoms. The molecule has 2 rings (SSSR count). The van der Waals surface area contributed by atoms with E-state index in [2.05, 4.69) is 0 Å². The molecule has 0 unspecified atom stereocenters. The third-order valence-corrected chi connectivity index (χ3v) is 4.52. The first-order valence-corrected chi connectivity index (χ1v) is 9.78. The highest BCUT2D eigenvalue weighted by Crippen LogP contribution is 2.38. The Kier molecular flexibility index (Phi) is 9.51. The van der Waals surface area contributed by atoms with Gasteiger partial charge in [0.1, 0.15) is 0 Å². The molecule has 2 aromatic rings. The van der Waals surface area contributed by atoms with Gasteiger partial charge >= 0.3 is 0 Å². The molecule has 2 N–H and O–H groups in total. The second-order valence-corrected chi connectivity index (χ2v) is 6.54. The molecule has 0 saturated carbocycles. The summed E-state index contributed by atoms with van der Waals surface area (Å²) in [6, 6.07) is 9.37. The van der Waals surface area contributed by atoms with Crippen LogP contribution < -0.4 is 29.2 Å². The van der Waals surface area contributed by atoms with Crippen LogP contribution in [0.3, 0.4) is 0 Å². The van der Waals surface area contributed by atoms with Crippen LogP contribution in [-0.4, -0.2) is 46.2 Å². The Hall–Kier alpha value is -3.39.